The van der Waals surface area contributed by atoms with E-state index < -0.39 is 10.1 Å². The van der Waals surface area contributed by atoms with Gasteiger partial charge in [-0.2, -0.15) is 4.57 Å². The molecule has 0 spiro atoms. The molecule has 1 N–H and O–H groups in total. The van der Waals surface area contributed by atoms with Crippen molar-refractivity contribution in [3.63, 3.8) is 0 Å². The topological polar surface area (TPSA) is 73.1 Å². The second-order valence-corrected chi connectivity index (χ2v) is 9.00. The number of anilines is 1. The Balaban J connectivity index is 0.000000188. The van der Waals surface area contributed by atoms with Crippen molar-refractivity contribution in [2.24, 2.45) is 7.05 Å². The van der Waals surface area contributed by atoms with E-state index in [0.717, 1.165) is 17.8 Å². The molecule has 0 unspecified atom stereocenters. The van der Waals surface area contributed by atoms with Crippen LogP contribution < -0.4 is 9.88 Å². The van der Waals surface area contributed by atoms with Crippen molar-refractivity contribution in [3.05, 3.63) is 89.4 Å². The average Bonchev–Trinajstić information content (AvgIpc) is 3.03. The van der Waals surface area contributed by atoms with Crippen LogP contribution in [0.3, 0.4) is 0 Å². The maximum absolute atomic E-state index is 10.4. The average molecular weight is 427 g/mol. The molecule has 7 heteroatoms. The summed E-state index contributed by atoms with van der Waals surface area (Å²) in [5.74, 6) is 0. The van der Waals surface area contributed by atoms with Gasteiger partial charge in [0, 0.05) is 11.8 Å². The number of hydrogen-bond donors (Lipinski definition) is 1. The highest BCUT2D eigenvalue weighted by Crippen LogP contribution is 2.20. The number of nitrogens with one attached hydrogen (secondary N) is 1. The first-order valence-electron chi connectivity index (χ1n) is 9.02. The Morgan fingerprint density at radius 1 is 0.931 bits per heavy atom. The van der Waals surface area contributed by atoms with Crippen LogP contribution in [-0.4, -0.2) is 13.0 Å². The molecular weight excluding hydrogens is 404 g/mol. The summed E-state index contributed by atoms with van der Waals surface area (Å²) in [4.78, 5) is -0.178. The van der Waals surface area contributed by atoms with Crippen molar-refractivity contribution < 1.29 is 17.5 Å². The highest BCUT2D eigenvalue weighted by Gasteiger charge is 2.15. The van der Waals surface area contributed by atoms with Gasteiger partial charge in [0.25, 0.3) is 5.01 Å². The minimum absolute atomic E-state index is 0.178. The zero-order valence-electron chi connectivity index (χ0n) is 16.2. The molecular formula is C22H22N2O3S2. The van der Waals surface area contributed by atoms with Crippen LogP contribution in [0, 0.1) is 6.92 Å². The van der Waals surface area contributed by atoms with E-state index in [1.807, 2.05) is 36.5 Å². The summed E-state index contributed by atoms with van der Waals surface area (Å²) in [6, 6.07) is 24.6. The molecule has 0 amide bonds. The number of fused-ring (bicyclic) bond motifs is 1. The normalized spacial score (nSPS) is 11.0. The number of thiazole rings is 1. The van der Waals surface area contributed by atoms with E-state index in [1.165, 1.54) is 27.4 Å². The predicted octanol–water partition coefficient (Wildman–Crippen LogP) is 4.24. The van der Waals surface area contributed by atoms with Crippen LogP contribution in [0.2, 0.25) is 0 Å². The SMILES string of the molecule is C[n+]1c(CNc2ccccc2)sc2ccccc21.Cc1ccc(S(=O)(=O)[O-])cc1. The molecule has 0 aliphatic heterocycles. The van der Waals surface area contributed by atoms with Gasteiger partial charge in [0.2, 0.25) is 5.52 Å². The highest BCUT2D eigenvalue weighted by atomic mass is 32.2. The van der Waals surface area contributed by atoms with Gasteiger partial charge >= 0.3 is 0 Å². The van der Waals surface area contributed by atoms with Gasteiger partial charge in [-0.05, 0) is 37.3 Å². The van der Waals surface area contributed by atoms with Crippen LogP contribution in [0.5, 0.6) is 0 Å². The van der Waals surface area contributed by atoms with Crippen molar-refractivity contribution in [2.75, 3.05) is 5.32 Å². The summed E-state index contributed by atoms with van der Waals surface area (Å²) in [5, 5.41) is 4.79. The Hall–Kier alpha value is -2.74. The molecule has 0 saturated carbocycles. The second kappa shape index (κ2) is 9.17. The number of aryl methyl sites for hydroxylation is 2. The van der Waals surface area contributed by atoms with E-state index in [9.17, 15) is 13.0 Å². The molecule has 29 heavy (non-hydrogen) atoms. The highest BCUT2D eigenvalue weighted by molar-refractivity contribution is 7.85. The summed E-state index contributed by atoms with van der Waals surface area (Å²) in [6.45, 7) is 2.68. The van der Waals surface area contributed by atoms with Gasteiger partial charge in [-0.3, -0.25) is 0 Å². The van der Waals surface area contributed by atoms with E-state index in [0.29, 0.717) is 0 Å². The fourth-order valence-electron chi connectivity index (χ4n) is 2.74. The van der Waals surface area contributed by atoms with Gasteiger partial charge in [-0.15, -0.1) is 0 Å². The molecule has 0 saturated heterocycles. The number of aromatic nitrogens is 1. The zero-order chi connectivity index (χ0) is 20.9. The third-order valence-electron chi connectivity index (χ3n) is 4.36. The van der Waals surface area contributed by atoms with E-state index in [4.69, 9.17) is 0 Å². The molecule has 0 atom stereocenters. The molecule has 3 aromatic carbocycles. The zero-order valence-corrected chi connectivity index (χ0v) is 17.8. The lowest BCUT2D eigenvalue weighted by atomic mass is 10.2. The predicted molar refractivity (Wildman–Crippen MR) is 116 cm³/mol. The number of benzene rings is 3. The molecule has 150 valence electrons. The Bertz CT molecular complexity index is 1190. The van der Waals surface area contributed by atoms with Crippen molar-refractivity contribution >= 4 is 37.4 Å². The lowest BCUT2D eigenvalue weighted by Crippen LogP contribution is -2.31. The first-order valence-corrected chi connectivity index (χ1v) is 11.2. The molecule has 4 aromatic rings. The minimum atomic E-state index is -4.27. The lowest BCUT2D eigenvalue weighted by Gasteiger charge is -2.05. The van der Waals surface area contributed by atoms with Crippen molar-refractivity contribution in [2.45, 2.75) is 18.4 Å². The molecule has 0 bridgehead atoms. The van der Waals surface area contributed by atoms with E-state index in [2.05, 4.69) is 53.3 Å². The summed E-state index contributed by atoms with van der Waals surface area (Å²) < 4.78 is 34.8. The Kier molecular flexibility index (Phi) is 6.64. The third kappa shape index (κ3) is 5.63. The molecule has 1 heterocycles. The first-order chi connectivity index (χ1) is 13.8. The fourth-order valence-corrected chi connectivity index (χ4v) is 4.30. The molecule has 5 nitrogen and oxygen atoms in total. The number of nitrogens with zero attached hydrogens (tertiary/aromatic N) is 1. The van der Waals surface area contributed by atoms with E-state index in [-0.39, 0.29) is 4.90 Å². The third-order valence-corrected chi connectivity index (χ3v) is 6.42. The smallest absolute Gasteiger partial charge is 0.257 e. The first kappa shape index (κ1) is 21.0. The molecule has 0 aliphatic rings. The van der Waals surface area contributed by atoms with E-state index >= 15 is 0 Å². The largest absolute Gasteiger partial charge is 0.744 e. The van der Waals surface area contributed by atoms with Gasteiger partial charge in [0.15, 0.2) is 0 Å². The maximum Gasteiger partial charge on any atom is 0.257 e. The summed E-state index contributed by atoms with van der Waals surface area (Å²) in [7, 11) is -2.14. The second-order valence-electron chi connectivity index (χ2n) is 6.51. The van der Waals surface area contributed by atoms with Gasteiger partial charge < -0.3 is 9.87 Å². The summed E-state index contributed by atoms with van der Waals surface area (Å²) in [5.41, 5.74) is 3.39. The van der Waals surface area contributed by atoms with Crippen LogP contribution in [0.25, 0.3) is 10.2 Å². The van der Waals surface area contributed by atoms with Gasteiger partial charge in [0.1, 0.15) is 28.4 Å². The van der Waals surface area contributed by atoms with E-state index in [1.54, 1.807) is 12.1 Å². The Morgan fingerprint density at radius 3 is 2.17 bits per heavy atom. The van der Waals surface area contributed by atoms with Crippen LogP contribution in [0.4, 0.5) is 5.69 Å². The van der Waals surface area contributed by atoms with Crippen molar-refractivity contribution in [3.8, 4) is 0 Å². The van der Waals surface area contributed by atoms with Crippen molar-refractivity contribution in [1.29, 1.82) is 0 Å². The summed E-state index contributed by atoms with van der Waals surface area (Å²) in [6.07, 6.45) is 0. The number of rotatable bonds is 4. The summed E-state index contributed by atoms with van der Waals surface area (Å²) >= 11 is 1.84. The minimum Gasteiger partial charge on any atom is -0.744 e. The number of para-hydroxylation sites is 2. The molecule has 1 aromatic heterocycles. The quantitative estimate of drug-likeness (QED) is 0.391. The molecule has 0 aliphatic carbocycles. The van der Waals surface area contributed by atoms with Crippen molar-refractivity contribution in [1.82, 2.24) is 0 Å². The van der Waals surface area contributed by atoms with Crippen LogP contribution in [-0.2, 0) is 23.7 Å². The van der Waals surface area contributed by atoms with Gasteiger partial charge in [-0.25, -0.2) is 8.42 Å². The van der Waals surface area contributed by atoms with Crippen LogP contribution in [0.15, 0.2) is 83.8 Å². The van der Waals surface area contributed by atoms with Gasteiger partial charge in [-0.1, -0.05) is 59.4 Å². The monoisotopic (exact) mass is 426 g/mol. The van der Waals surface area contributed by atoms with Crippen LogP contribution >= 0.6 is 11.3 Å². The molecule has 0 radical (unpaired) electrons. The lowest BCUT2D eigenvalue weighted by molar-refractivity contribution is -0.647. The Morgan fingerprint density at radius 2 is 1.55 bits per heavy atom. The standard InChI is InChI=1S/C15H15N2S.C7H8O3S/c1-17-13-9-5-6-10-14(13)18-15(17)11-16-12-7-3-2-4-8-12;1-6-2-4-7(5-3-6)11(8,9)10/h2-10,16H,11H2,1H3;2-5H,1H3,(H,8,9,10)/q+1;/p-1. The fraction of sp³-hybridized carbons (Fsp3) is 0.136. The molecule has 4 rings (SSSR count). The molecule has 0 fully saturated rings. The van der Waals surface area contributed by atoms with Gasteiger partial charge in [0.05, 0.1) is 4.90 Å². The Labute approximate surface area is 175 Å². The van der Waals surface area contributed by atoms with Crippen LogP contribution in [0.1, 0.15) is 10.6 Å². The maximum atomic E-state index is 10.4. The number of hydrogen-bond acceptors (Lipinski definition) is 5.